The van der Waals surface area contributed by atoms with Crippen molar-refractivity contribution >= 4 is 11.8 Å². The Morgan fingerprint density at radius 2 is 2.29 bits per heavy atom. The second kappa shape index (κ2) is 6.95. The Balaban J connectivity index is 1.95. The molecule has 130 valence electrons. The summed E-state index contributed by atoms with van der Waals surface area (Å²) in [6, 6.07) is 0. The summed E-state index contributed by atoms with van der Waals surface area (Å²) >= 11 is 0. The van der Waals surface area contributed by atoms with Crippen LogP contribution in [0.1, 0.15) is 42.9 Å². The molecule has 0 spiro atoms. The van der Waals surface area contributed by atoms with E-state index in [2.05, 4.69) is 37.1 Å². The molecular formula is C14H21N7O3. The van der Waals surface area contributed by atoms with E-state index in [1.807, 2.05) is 0 Å². The van der Waals surface area contributed by atoms with Crippen LogP contribution in [0.4, 0.5) is 5.82 Å². The Labute approximate surface area is 138 Å². The Morgan fingerprint density at radius 1 is 1.46 bits per heavy atom. The van der Waals surface area contributed by atoms with Crippen molar-refractivity contribution in [3.05, 3.63) is 11.4 Å². The maximum atomic E-state index is 12.2. The van der Waals surface area contributed by atoms with Gasteiger partial charge >= 0.3 is 5.97 Å². The van der Waals surface area contributed by atoms with E-state index in [0.717, 1.165) is 19.5 Å². The standard InChI is InChI=1S/C14H21N7O3/c1-3-23-14(22)11-10(8-20-6-4-5-9(2)7-20)21(19-16-11)13-12(15)17-24-18-13/h9H,3-8H2,1-2H3,(H2,15,17). The lowest BCUT2D eigenvalue weighted by molar-refractivity contribution is 0.0516. The molecule has 0 aliphatic carbocycles. The largest absolute Gasteiger partial charge is 0.461 e. The van der Waals surface area contributed by atoms with Crippen molar-refractivity contribution < 1.29 is 14.2 Å². The predicted octanol–water partition coefficient (Wildman–Crippen LogP) is 0.641. The first-order valence-corrected chi connectivity index (χ1v) is 8.02. The molecule has 1 saturated heterocycles. The summed E-state index contributed by atoms with van der Waals surface area (Å²) in [5, 5.41) is 15.3. The zero-order chi connectivity index (χ0) is 17.1. The summed E-state index contributed by atoms with van der Waals surface area (Å²) in [7, 11) is 0. The number of nitrogens with zero attached hydrogens (tertiary/aromatic N) is 6. The van der Waals surface area contributed by atoms with Crippen LogP contribution in [0.2, 0.25) is 0 Å². The first-order valence-electron chi connectivity index (χ1n) is 8.02. The van der Waals surface area contributed by atoms with Crippen molar-refractivity contribution in [2.75, 3.05) is 25.4 Å². The molecule has 1 fully saturated rings. The van der Waals surface area contributed by atoms with Crippen LogP contribution in [0.25, 0.3) is 5.82 Å². The lowest BCUT2D eigenvalue weighted by atomic mass is 10.00. The molecule has 0 aromatic carbocycles. The van der Waals surface area contributed by atoms with Gasteiger partial charge in [-0.25, -0.2) is 9.42 Å². The van der Waals surface area contributed by atoms with Gasteiger partial charge in [-0.2, -0.15) is 4.68 Å². The monoisotopic (exact) mass is 335 g/mol. The minimum Gasteiger partial charge on any atom is -0.461 e. The summed E-state index contributed by atoms with van der Waals surface area (Å²) < 4.78 is 11.1. The van der Waals surface area contributed by atoms with Crippen molar-refractivity contribution in [3.63, 3.8) is 0 Å². The van der Waals surface area contributed by atoms with E-state index in [9.17, 15) is 4.79 Å². The molecular weight excluding hydrogens is 314 g/mol. The summed E-state index contributed by atoms with van der Waals surface area (Å²) in [4.78, 5) is 14.5. The van der Waals surface area contributed by atoms with Crippen LogP contribution in [0, 0.1) is 5.92 Å². The molecule has 1 unspecified atom stereocenters. The lowest BCUT2D eigenvalue weighted by Crippen LogP contribution is -2.35. The molecule has 2 aromatic heterocycles. The van der Waals surface area contributed by atoms with Gasteiger partial charge in [-0.05, 0) is 42.5 Å². The molecule has 3 heterocycles. The number of anilines is 1. The van der Waals surface area contributed by atoms with Crippen molar-refractivity contribution in [2.24, 2.45) is 5.92 Å². The number of ether oxygens (including phenoxy) is 1. The fraction of sp³-hybridized carbons (Fsp3) is 0.643. The average Bonchev–Trinajstić information content (AvgIpc) is 3.13. The van der Waals surface area contributed by atoms with Gasteiger partial charge in [-0.15, -0.1) is 5.10 Å². The summed E-state index contributed by atoms with van der Waals surface area (Å²) in [6.07, 6.45) is 2.32. The van der Waals surface area contributed by atoms with E-state index in [1.54, 1.807) is 6.92 Å². The number of nitrogens with two attached hydrogens (primary N) is 1. The third-order valence-electron chi connectivity index (χ3n) is 4.04. The number of piperidine rings is 1. The highest BCUT2D eigenvalue weighted by Crippen LogP contribution is 2.22. The molecule has 10 heteroatoms. The number of rotatable bonds is 5. The molecule has 1 atom stereocenters. The number of carbonyl (C=O) groups excluding carboxylic acids is 1. The van der Waals surface area contributed by atoms with Crippen molar-refractivity contribution in [1.82, 2.24) is 30.2 Å². The number of hydrogen-bond donors (Lipinski definition) is 1. The normalized spacial score (nSPS) is 18.7. The fourth-order valence-electron chi connectivity index (χ4n) is 2.95. The smallest absolute Gasteiger partial charge is 0.360 e. The van der Waals surface area contributed by atoms with Gasteiger partial charge in [0, 0.05) is 13.1 Å². The first kappa shape index (κ1) is 16.4. The molecule has 0 amide bonds. The predicted molar refractivity (Wildman–Crippen MR) is 83.3 cm³/mol. The summed E-state index contributed by atoms with van der Waals surface area (Å²) in [5.74, 6) is 0.397. The second-order valence-electron chi connectivity index (χ2n) is 5.97. The lowest BCUT2D eigenvalue weighted by Gasteiger charge is -2.30. The number of nitrogen functional groups attached to an aromatic ring is 1. The van der Waals surface area contributed by atoms with Gasteiger partial charge in [0.2, 0.25) is 11.6 Å². The molecule has 3 rings (SSSR count). The third-order valence-corrected chi connectivity index (χ3v) is 4.04. The quantitative estimate of drug-likeness (QED) is 0.783. The molecule has 2 aromatic rings. The minimum atomic E-state index is -0.515. The Kier molecular flexibility index (Phi) is 4.74. The average molecular weight is 335 g/mol. The highest BCUT2D eigenvalue weighted by Gasteiger charge is 2.27. The van der Waals surface area contributed by atoms with Crippen LogP contribution in [-0.4, -0.2) is 55.9 Å². The van der Waals surface area contributed by atoms with Crippen molar-refractivity contribution in [2.45, 2.75) is 33.2 Å². The zero-order valence-corrected chi connectivity index (χ0v) is 13.8. The topological polar surface area (TPSA) is 125 Å². The van der Waals surface area contributed by atoms with Crippen LogP contribution in [0.15, 0.2) is 4.63 Å². The van der Waals surface area contributed by atoms with Crippen molar-refractivity contribution in [1.29, 1.82) is 0 Å². The number of carbonyl (C=O) groups is 1. The molecule has 0 radical (unpaired) electrons. The molecule has 1 aliphatic rings. The van der Waals surface area contributed by atoms with Gasteiger partial charge in [-0.3, -0.25) is 4.90 Å². The maximum Gasteiger partial charge on any atom is 0.360 e. The van der Waals surface area contributed by atoms with Crippen molar-refractivity contribution in [3.8, 4) is 5.82 Å². The Hall–Kier alpha value is -2.49. The highest BCUT2D eigenvalue weighted by molar-refractivity contribution is 5.88. The number of aromatic nitrogens is 5. The molecule has 0 saturated carbocycles. The van der Waals surface area contributed by atoms with E-state index < -0.39 is 5.97 Å². The third kappa shape index (κ3) is 3.23. The number of hydrogen-bond acceptors (Lipinski definition) is 9. The summed E-state index contributed by atoms with van der Waals surface area (Å²) in [5.41, 5.74) is 6.49. The number of likely N-dealkylation sites (tertiary alicyclic amines) is 1. The van der Waals surface area contributed by atoms with Crippen LogP contribution >= 0.6 is 0 Å². The molecule has 24 heavy (non-hydrogen) atoms. The minimum absolute atomic E-state index is 0.0866. The zero-order valence-electron chi connectivity index (χ0n) is 13.8. The molecule has 1 aliphatic heterocycles. The Morgan fingerprint density at radius 3 is 2.96 bits per heavy atom. The van der Waals surface area contributed by atoms with E-state index in [4.69, 9.17) is 10.5 Å². The molecule has 2 N–H and O–H groups in total. The van der Waals surface area contributed by atoms with Gasteiger partial charge in [0.25, 0.3) is 0 Å². The van der Waals surface area contributed by atoms with Crippen LogP contribution in [-0.2, 0) is 11.3 Å². The fourth-order valence-corrected chi connectivity index (χ4v) is 2.95. The van der Waals surface area contributed by atoms with Gasteiger partial charge in [-0.1, -0.05) is 12.1 Å². The first-order chi connectivity index (χ1) is 11.6. The highest BCUT2D eigenvalue weighted by atomic mass is 16.6. The van der Waals surface area contributed by atoms with E-state index in [1.165, 1.54) is 11.1 Å². The SMILES string of the molecule is CCOC(=O)c1nnn(-c2nonc2N)c1CN1CCCC(C)C1. The van der Waals surface area contributed by atoms with Crippen LogP contribution in [0.3, 0.4) is 0 Å². The van der Waals surface area contributed by atoms with E-state index in [0.29, 0.717) is 18.2 Å². The molecule has 0 bridgehead atoms. The van der Waals surface area contributed by atoms with Crippen LogP contribution in [0.5, 0.6) is 0 Å². The maximum absolute atomic E-state index is 12.2. The van der Waals surface area contributed by atoms with Gasteiger partial charge in [0.15, 0.2) is 5.69 Å². The van der Waals surface area contributed by atoms with Crippen LogP contribution < -0.4 is 5.73 Å². The van der Waals surface area contributed by atoms with Gasteiger partial charge in [0.1, 0.15) is 0 Å². The molecule has 10 nitrogen and oxygen atoms in total. The van der Waals surface area contributed by atoms with Gasteiger partial charge < -0.3 is 10.5 Å². The van der Waals surface area contributed by atoms with E-state index in [-0.39, 0.29) is 23.9 Å². The Bertz CT molecular complexity index is 711. The van der Waals surface area contributed by atoms with Gasteiger partial charge in [0.05, 0.1) is 12.3 Å². The second-order valence-corrected chi connectivity index (χ2v) is 5.97. The number of esters is 1. The van der Waals surface area contributed by atoms with E-state index >= 15 is 0 Å². The summed E-state index contributed by atoms with van der Waals surface area (Å²) in [6.45, 7) is 6.61.